The van der Waals surface area contributed by atoms with Crippen molar-refractivity contribution in [1.82, 2.24) is 14.9 Å². The monoisotopic (exact) mass is 365 g/mol. The van der Waals surface area contributed by atoms with E-state index < -0.39 is 0 Å². The lowest BCUT2D eigenvalue weighted by Crippen LogP contribution is -2.36. The summed E-state index contributed by atoms with van der Waals surface area (Å²) in [6, 6.07) is 12.8. The SMILES string of the molecule is Cc1nc(-c2c[nH]c(C(=O)N3CCC[C@H]3CCc3ccccc3)c2)cs1. The summed E-state index contributed by atoms with van der Waals surface area (Å²) in [7, 11) is 0. The molecule has 26 heavy (non-hydrogen) atoms. The van der Waals surface area contributed by atoms with Crippen LogP contribution in [0.3, 0.4) is 0 Å². The van der Waals surface area contributed by atoms with Gasteiger partial charge in [-0.25, -0.2) is 4.98 Å². The highest BCUT2D eigenvalue weighted by atomic mass is 32.1. The second kappa shape index (κ2) is 7.46. The molecule has 2 aromatic heterocycles. The molecule has 134 valence electrons. The van der Waals surface area contributed by atoms with Crippen molar-refractivity contribution < 1.29 is 4.79 Å². The summed E-state index contributed by atoms with van der Waals surface area (Å²) in [4.78, 5) is 22.7. The highest BCUT2D eigenvalue weighted by Gasteiger charge is 2.29. The predicted octanol–water partition coefficient (Wildman–Crippen LogP) is 4.68. The number of carbonyl (C=O) groups is 1. The largest absolute Gasteiger partial charge is 0.357 e. The van der Waals surface area contributed by atoms with Crippen LogP contribution in [-0.2, 0) is 6.42 Å². The van der Waals surface area contributed by atoms with Crippen LogP contribution in [0.15, 0.2) is 48.0 Å². The lowest BCUT2D eigenvalue weighted by molar-refractivity contribution is 0.0725. The van der Waals surface area contributed by atoms with Crippen molar-refractivity contribution in [3.63, 3.8) is 0 Å². The van der Waals surface area contributed by atoms with Gasteiger partial charge >= 0.3 is 0 Å². The predicted molar refractivity (Wildman–Crippen MR) is 105 cm³/mol. The molecule has 4 nitrogen and oxygen atoms in total. The number of aromatic amines is 1. The van der Waals surface area contributed by atoms with Gasteiger partial charge in [0.1, 0.15) is 5.69 Å². The Bertz CT molecular complexity index is 884. The minimum absolute atomic E-state index is 0.110. The average molecular weight is 366 g/mol. The third-order valence-electron chi connectivity index (χ3n) is 5.08. The lowest BCUT2D eigenvalue weighted by atomic mass is 10.0. The highest BCUT2D eigenvalue weighted by Crippen LogP contribution is 2.26. The number of amides is 1. The first-order chi connectivity index (χ1) is 12.7. The molecule has 0 spiro atoms. The van der Waals surface area contributed by atoms with Crippen molar-refractivity contribution in [3.05, 3.63) is 64.2 Å². The fraction of sp³-hybridized carbons (Fsp3) is 0.333. The smallest absolute Gasteiger partial charge is 0.270 e. The maximum Gasteiger partial charge on any atom is 0.270 e. The minimum Gasteiger partial charge on any atom is -0.357 e. The van der Waals surface area contributed by atoms with Crippen LogP contribution in [0.4, 0.5) is 0 Å². The highest BCUT2D eigenvalue weighted by molar-refractivity contribution is 7.09. The van der Waals surface area contributed by atoms with E-state index in [2.05, 4.69) is 34.2 Å². The second-order valence-corrected chi connectivity index (χ2v) is 7.93. The van der Waals surface area contributed by atoms with Crippen molar-refractivity contribution in [2.24, 2.45) is 0 Å². The van der Waals surface area contributed by atoms with E-state index in [9.17, 15) is 4.79 Å². The van der Waals surface area contributed by atoms with Gasteiger partial charge in [-0.2, -0.15) is 0 Å². The molecule has 1 aliphatic heterocycles. The van der Waals surface area contributed by atoms with Gasteiger partial charge in [0.25, 0.3) is 5.91 Å². The molecule has 1 atom stereocenters. The van der Waals surface area contributed by atoms with Crippen molar-refractivity contribution in [1.29, 1.82) is 0 Å². The van der Waals surface area contributed by atoms with E-state index >= 15 is 0 Å². The fourth-order valence-electron chi connectivity index (χ4n) is 3.70. The van der Waals surface area contributed by atoms with Crippen LogP contribution in [-0.4, -0.2) is 33.4 Å². The number of H-pyrrole nitrogens is 1. The Morgan fingerprint density at radius 1 is 1.35 bits per heavy atom. The van der Waals surface area contributed by atoms with Crippen LogP contribution in [0, 0.1) is 6.92 Å². The average Bonchev–Trinajstić information content (AvgIpc) is 3.40. The van der Waals surface area contributed by atoms with E-state index in [-0.39, 0.29) is 5.91 Å². The summed E-state index contributed by atoms with van der Waals surface area (Å²) in [5.74, 6) is 0.110. The molecule has 3 heterocycles. The van der Waals surface area contributed by atoms with Crippen LogP contribution in [0.2, 0.25) is 0 Å². The van der Waals surface area contributed by atoms with E-state index in [1.54, 1.807) is 11.3 Å². The number of aromatic nitrogens is 2. The molecular formula is C21H23N3OS. The summed E-state index contributed by atoms with van der Waals surface area (Å²) >= 11 is 1.63. The number of likely N-dealkylation sites (tertiary alicyclic amines) is 1. The summed E-state index contributed by atoms with van der Waals surface area (Å²) in [5, 5.41) is 3.07. The van der Waals surface area contributed by atoms with Crippen LogP contribution < -0.4 is 0 Å². The van der Waals surface area contributed by atoms with E-state index in [0.717, 1.165) is 48.5 Å². The van der Waals surface area contributed by atoms with E-state index in [0.29, 0.717) is 11.7 Å². The van der Waals surface area contributed by atoms with E-state index in [1.165, 1.54) is 5.56 Å². The van der Waals surface area contributed by atoms with Gasteiger partial charge in [0, 0.05) is 29.7 Å². The number of carbonyl (C=O) groups excluding carboxylic acids is 1. The van der Waals surface area contributed by atoms with Gasteiger partial charge in [0.2, 0.25) is 0 Å². The van der Waals surface area contributed by atoms with Gasteiger partial charge in [-0.15, -0.1) is 11.3 Å². The molecule has 1 N–H and O–H groups in total. The molecule has 0 radical (unpaired) electrons. The Kier molecular flexibility index (Phi) is 4.89. The molecule has 1 aromatic carbocycles. The zero-order chi connectivity index (χ0) is 17.9. The Morgan fingerprint density at radius 3 is 2.96 bits per heavy atom. The van der Waals surface area contributed by atoms with Gasteiger partial charge in [-0.1, -0.05) is 30.3 Å². The summed E-state index contributed by atoms with van der Waals surface area (Å²) in [6.07, 6.45) is 6.11. The molecule has 0 aliphatic carbocycles. The van der Waals surface area contributed by atoms with Gasteiger partial charge in [-0.3, -0.25) is 4.79 Å². The third-order valence-corrected chi connectivity index (χ3v) is 5.85. The lowest BCUT2D eigenvalue weighted by Gasteiger charge is -2.24. The number of benzene rings is 1. The molecule has 4 rings (SSSR count). The number of hydrogen-bond acceptors (Lipinski definition) is 3. The molecule has 1 fully saturated rings. The molecule has 3 aromatic rings. The van der Waals surface area contributed by atoms with E-state index in [4.69, 9.17) is 0 Å². The number of nitrogens with zero attached hydrogens (tertiary/aromatic N) is 2. The molecule has 1 amide bonds. The molecule has 1 aliphatic rings. The molecule has 0 bridgehead atoms. The topological polar surface area (TPSA) is 49.0 Å². The summed E-state index contributed by atoms with van der Waals surface area (Å²) < 4.78 is 0. The minimum atomic E-state index is 0.110. The summed E-state index contributed by atoms with van der Waals surface area (Å²) in [6.45, 7) is 2.84. The van der Waals surface area contributed by atoms with Gasteiger partial charge in [-0.05, 0) is 44.2 Å². The Hall–Kier alpha value is -2.40. The van der Waals surface area contributed by atoms with Crippen molar-refractivity contribution in [3.8, 4) is 11.3 Å². The number of thiazole rings is 1. The van der Waals surface area contributed by atoms with Crippen molar-refractivity contribution in [2.75, 3.05) is 6.54 Å². The molecule has 1 saturated heterocycles. The van der Waals surface area contributed by atoms with Gasteiger partial charge < -0.3 is 9.88 Å². The molecular weight excluding hydrogens is 342 g/mol. The maximum absolute atomic E-state index is 13.0. The molecule has 0 unspecified atom stereocenters. The molecule has 0 saturated carbocycles. The first-order valence-electron chi connectivity index (χ1n) is 9.16. The maximum atomic E-state index is 13.0. The zero-order valence-electron chi connectivity index (χ0n) is 14.9. The third kappa shape index (κ3) is 3.58. The van der Waals surface area contributed by atoms with Crippen molar-refractivity contribution in [2.45, 2.75) is 38.6 Å². The number of aryl methyl sites for hydroxylation is 2. The quantitative estimate of drug-likeness (QED) is 0.713. The van der Waals surface area contributed by atoms with Gasteiger partial charge in [0.05, 0.1) is 10.7 Å². The first-order valence-corrected chi connectivity index (χ1v) is 10.0. The van der Waals surface area contributed by atoms with Crippen molar-refractivity contribution >= 4 is 17.2 Å². The van der Waals surface area contributed by atoms with Crippen LogP contribution in [0.25, 0.3) is 11.3 Å². The van der Waals surface area contributed by atoms with Crippen LogP contribution >= 0.6 is 11.3 Å². The standard InChI is InChI=1S/C21H23N3OS/c1-15-23-20(14-26-15)17-12-19(22-13-17)21(25)24-11-5-8-18(24)10-9-16-6-3-2-4-7-16/h2-4,6-7,12-14,18,22H,5,8-11H2,1H3/t18-/m0/s1. The number of nitrogens with one attached hydrogen (secondary N) is 1. The second-order valence-electron chi connectivity index (χ2n) is 6.87. The first kappa shape index (κ1) is 17.0. The Balaban J connectivity index is 1.44. The fourth-order valence-corrected chi connectivity index (χ4v) is 4.32. The normalized spacial score (nSPS) is 17.0. The number of hydrogen-bond donors (Lipinski definition) is 1. The number of rotatable bonds is 5. The van der Waals surface area contributed by atoms with Crippen LogP contribution in [0.1, 0.15) is 40.3 Å². The Labute approximate surface area is 157 Å². The summed E-state index contributed by atoms with van der Waals surface area (Å²) in [5.41, 5.74) is 3.92. The van der Waals surface area contributed by atoms with Gasteiger partial charge in [0.15, 0.2) is 0 Å². The van der Waals surface area contributed by atoms with E-state index in [1.807, 2.05) is 35.5 Å². The van der Waals surface area contributed by atoms with Crippen LogP contribution in [0.5, 0.6) is 0 Å². The molecule has 5 heteroatoms. The Morgan fingerprint density at radius 2 is 2.19 bits per heavy atom. The zero-order valence-corrected chi connectivity index (χ0v) is 15.8.